The van der Waals surface area contributed by atoms with E-state index in [1.807, 2.05) is 36.0 Å². The van der Waals surface area contributed by atoms with Crippen molar-refractivity contribution >= 4 is 34.2 Å². The van der Waals surface area contributed by atoms with Crippen LogP contribution in [0.5, 0.6) is 0 Å². The summed E-state index contributed by atoms with van der Waals surface area (Å²) in [6, 6.07) is 8.02. The number of aromatic nitrogens is 2. The van der Waals surface area contributed by atoms with Gasteiger partial charge in [-0.25, -0.2) is 4.68 Å². The quantitative estimate of drug-likeness (QED) is 0.716. The molecule has 0 fully saturated rings. The lowest BCUT2D eigenvalue weighted by Gasteiger charge is -2.06. The van der Waals surface area contributed by atoms with Crippen LogP contribution >= 0.6 is 28.3 Å². The summed E-state index contributed by atoms with van der Waals surface area (Å²) in [7, 11) is 1.91. The van der Waals surface area contributed by atoms with E-state index in [9.17, 15) is 4.79 Å². The Kier molecular flexibility index (Phi) is 6.83. The number of hydrogen-bond acceptors (Lipinski definition) is 3. The van der Waals surface area contributed by atoms with Gasteiger partial charge in [-0.1, -0.05) is 22.0 Å². The van der Waals surface area contributed by atoms with Gasteiger partial charge in [-0.05, 0) is 57.5 Å². The Bertz CT molecular complexity index is 717. The average molecular weight is 414 g/mol. The molecule has 0 bridgehead atoms. The molecular weight excluding hydrogens is 392 g/mol. The number of carbonyl (C=O) groups excluding carboxylic acids is 1. The van der Waals surface area contributed by atoms with Crippen molar-refractivity contribution in [3.63, 3.8) is 0 Å². The molecule has 130 valence electrons. The molecule has 0 spiro atoms. The van der Waals surface area contributed by atoms with Gasteiger partial charge in [0.05, 0.1) is 5.69 Å². The van der Waals surface area contributed by atoms with Crippen LogP contribution in [0, 0.1) is 0 Å². The number of carbonyl (C=O) groups is 1. The molecule has 1 aromatic carbocycles. The van der Waals surface area contributed by atoms with E-state index in [-0.39, 0.29) is 18.3 Å². The Morgan fingerprint density at radius 2 is 2.17 bits per heavy atom. The smallest absolute Gasteiger partial charge is 0.272 e. The number of benzene rings is 1. The van der Waals surface area contributed by atoms with Crippen molar-refractivity contribution in [3.8, 4) is 5.69 Å². The van der Waals surface area contributed by atoms with E-state index in [0.717, 1.165) is 48.0 Å². The highest BCUT2D eigenvalue weighted by atomic mass is 79.9. The highest BCUT2D eigenvalue weighted by Gasteiger charge is 2.26. The van der Waals surface area contributed by atoms with Crippen LogP contribution in [-0.4, -0.2) is 35.8 Å². The van der Waals surface area contributed by atoms with Crippen molar-refractivity contribution in [3.05, 3.63) is 45.7 Å². The number of nitrogens with zero attached hydrogens (tertiary/aromatic N) is 2. The molecule has 1 amide bonds. The molecule has 2 N–H and O–H groups in total. The summed E-state index contributed by atoms with van der Waals surface area (Å²) in [5.41, 5.74) is 3.85. The lowest BCUT2D eigenvalue weighted by Crippen LogP contribution is -2.27. The van der Waals surface area contributed by atoms with Gasteiger partial charge < -0.3 is 10.6 Å². The summed E-state index contributed by atoms with van der Waals surface area (Å²) >= 11 is 3.50. The maximum absolute atomic E-state index is 12.5. The molecule has 24 heavy (non-hydrogen) atoms. The zero-order chi connectivity index (χ0) is 16.2. The normalized spacial score (nSPS) is 12.6. The van der Waals surface area contributed by atoms with Crippen LogP contribution in [0.2, 0.25) is 0 Å². The number of halogens is 2. The van der Waals surface area contributed by atoms with Crippen LogP contribution in [0.15, 0.2) is 28.7 Å². The van der Waals surface area contributed by atoms with Crippen LogP contribution in [0.1, 0.15) is 34.6 Å². The van der Waals surface area contributed by atoms with Crippen molar-refractivity contribution in [1.29, 1.82) is 0 Å². The molecule has 3 rings (SSSR count). The SMILES string of the molecule is CNCCCNC(=O)c1nn(-c2cccc(Br)c2)c2c1CCC2.Cl. The third-order valence-corrected chi connectivity index (χ3v) is 4.58. The fourth-order valence-corrected chi connectivity index (χ4v) is 3.38. The highest BCUT2D eigenvalue weighted by Crippen LogP contribution is 2.28. The topological polar surface area (TPSA) is 58.9 Å². The van der Waals surface area contributed by atoms with E-state index in [0.29, 0.717) is 12.2 Å². The molecule has 1 aliphatic carbocycles. The Balaban J connectivity index is 0.00000208. The van der Waals surface area contributed by atoms with Crippen LogP contribution in [0.4, 0.5) is 0 Å². The Morgan fingerprint density at radius 1 is 1.33 bits per heavy atom. The summed E-state index contributed by atoms with van der Waals surface area (Å²) in [6.45, 7) is 1.56. The van der Waals surface area contributed by atoms with Crippen LogP contribution < -0.4 is 10.6 Å². The van der Waals surface area contributed by atoms with Gasteiger partial charge in [-0.3, -0.25) is 4.79 Å². The number of fused-ring (bicyclic) bond motifs is 1. The van der Waals surface area contributed by atoms with Gasteiger partial charge in [0.15, 0.2) is 5.69 Å². The maximum Gasteiger partial charge on any atom is 0.272 e. The molecule has 0 radical (unpaired) electrons. The molecule has 0 unspecified atom stereocenters. The lowest BCUT2D eigenvalue weighted by molar-refractivity contribution is 0.0947. The van der Waals surface area contributed by atoms with Gasteiger partial charge in [0, 0.05) is 22.3 Å². The molecule has 1 aromatic heterocycles. The first-order chi connectivity index (χ1) is 11.2. The van der Waals surface area contributed by atoms with Gasteiger partial charge in [-0.2, -0.15) is 5.10 Å². The lowest BCUT2D eigenvalue weighted by atomic mass is 10.2. The molecule has 0 atom stereocenters. The van der Waals surface area contributed by atoms with E-state index in [1.54, 1.807) is 0 Å². The van der Waals surface area contributed by atoms with Crippen molar-refractivity contribution in [1.82, 2.24) is 20.4 Å². The van der Waals surface area contributed by atoms with Crippen molar-refractivity contribution in [2.24, 2.45) is 0 Å². The van der Waals surface area contributed by atoms with E-state index in [4.69, 9.17) is 0 Å². The van der Waals surface area contributed by atoms with Crippen LogP contribution in [0.25, 0.3) is 5.69 Å². The Labute approximate surface area is 156 Å². The molecular formula is C17H22BrClN4O. The third-order valence-electron chi connectivity index (χ3n) is 4.09. The largest absolute Gasteiger partial charge is 0.351 e. The maximum atomic E-state index is 12.5. The van der Waals surface area contributed by atoms with Crippen LogP contribution in [0.3, 0.4) is 0 Å². The first-order valence-corrected chi connectivity index (χ1v) is 8.79. The summed E-state index contributed by atoms with van der Waals surface area (Å²) in [4.78, 5) is 12.5. The number of amides is 1. The molecule has 0 saturated heterocycles. The molecule has 1 aliphatic rings. The van der Waals surface area contributed by atoms with Crippen molar-refractivity contribution < 1.29 is 4.79 Å². The van der Waals surface area contributed by atoms with Gasteiger partial charge in [0.2, 0.25) is 0 Å². The molecule has 5 nitrogen and oxygen atoms in total. The fourth-order valence-electron chi connectivity index (χ4n) is 2.99. The van der Waals surface area contributed by atoms with Gasteiger partial charge >= 0.3 is 0 Å². The van der Waals surface area contributed by atoms with Gasteiger partial charge in [0.1, 0.15) is 0 Å². The number of nitrogens with one attached hydrogen (secondary N) is 2. The summed E-state index contributed by atoms with van der Waals surface area (Å²) in [6.07, 6.45) is 3.91. The number of rotatable bonds is 6. The van der Waals surface area contributed by atoms with Crippen molar-refractivity contribution in [2.75, 3.05) is 20.1 Å². The molecule has 1 heterocycles. The first kappa shape index (κ1) is 19.0. The molecule has 7 heteroatoms. The average Bonchev–Trinajstić information content (AvgIpc) is 3.13. The standard InChI is InChI=1S/C17H21BrN4O.ClH/c1-19-9-4-10-20-17(23)16-14-7-3-8-15(14)22(21-16)13-6-2-5-12(18)11-13;/h2,5-6,11,19H,3-4,7-10H2,1H3,(H,20,23);1H. The zero-order valence-corrected chi connectivity index (χ0v) is 16.0. The minimum atomic E-state index is -0.0620. The second-order valence-corrected chi connectivity index (χ2v) is 6.65. The summed E-state index contributed by atoms with van der Waals surface area (Å²) < 4.78 is 2.94. The minimum Gasteiger partial charge on any atom is -0.351 e. The molecule has 0 aliphatic heterocycles. The van der Waals surface area contributed by atoms with E-state index in [2.05, 4.69) is 31.7 Å². The second kappa shape index (κ2) is 8.65. The minimum absolute atomic E-state index is 0. The van der Waals surface area contributed by atoms with Gasteiger partial charge in [-0.15, -0.1) is 12.4 Å². The predicted molar refractivity (Wildman–Crippen MR) is 101 cm³/mol. The van der Waals surface area contributed by atoms with E-state index >= 15 is 0 Å². The molecule has 2 aromatic rings. The fraction of sp³-hybridized carbons (Fsp3) is 0.412. The van der Waals surface area contributed by atoms with E-state index < -0.39 is 0 Å². The Morgan fingerprint density at radius 3 is 2.92 bits per heavy atom. The monoisotopic (exact) mass is 412 g/mol. The number of hydrogen-bond donors (Lipinski definition) is 2. The predicted octanol–water partition coefficient (Wildman–Crippen LogP) is 2.88. The third kappa shape index (κ3) is 3.99. The summed E-state index contributed by atoms with van der Waals surface area (Å²) in [5, 5.41) is 10.7. The van der Waals surface area contributed by atoms with E-state index in [1.165, 1.54) is 5.69 Å². The Hall–Kier alpha value is -1.37. The first-order valence-electron chi connectivity index (χ1n) is 8.00. The summed E-state index contributed by atoms with van der Waals surface area (Å²) in [5.74, 6) is -0.0620. The molecule has 0 saturated carbocycles. The van der Waals surface area contributed by atoms with Crippen LogP contribution in [-0.2, 0) is 12.8 Å². The highest BCUT2D eigenvalue weighted by molar-refractivity contribution is 9.10. The van der Waals surface area contributed by atoms with Gasteiger partial charge in [0.25, 0.3) is 5.91 Å². The second-order valence-electron chi connectivity index (χ2n) is 5.73. The zero-order valence-electron chi connectivity index (χ0n) is 13.6. The van der Waals surface area contributed by atoms with Crippen molar-refractivity contribution in [2.45, 2.75) is 25.7 Å².